The van der Waals surface area contributed by atoms with Crippen LogP contribution in [0.2, 0.25) is 0 Å². The maximum Gasteiger partial charge on any atom is 0.274 e. The number of rotatable bonds is 5. The Bertz CT molecular complexity index is 928. The van der Waals surface area contributed by atoms with Crippen LogP contribution in [0.15, 0.2) is 43.2 Å². The predicted molar refractivity (Wildman–Crippen MR) is 96.5 cm³/mol. The Labute approximate surface area is 151 Å². The zero-order chi connectivity index (χ0) is 18.8. The molecule has 2 aromatic heterocycles. The van der Waals surface area contributed by atoms with E-state index in [-0.39, 0.29) is 17.8 Å². The van der Waals surface area contributed by atoms with Crippen LogP contribution >= 0.6 is 0 Å². The molecule has 3 aromatic rings. The molecule has 1 aromatic carbocycles. The quantitative estimate of drug-likeness (QED) is 0.707. The highest BCUT2D eigenvalue weighted by Crippen LogP contribution is 2.19. The summed E-state index contributed by atoms with van der Waals surface area (Å²) in [5.41, 5.74) is 2.46. The fraction of sp³-hybridized carbons (Fsp3) is 0.316. The number of amides is 1. The second-order valence-corrected chi connectivity index (χ2v) is 6.66. The summed E-state index contributed by atoms with van der Waals surface area (Å²) in [7, 11) is 1.82. The first-order chi connectivity index (χ1) is 12.3. The summed E-state index contributed by atoms with van der Waals surface area (Å²) < 4.78 is 17.6. The van der Waals surface area contributed by atoms with Crippen molar-refractivity contribution in [2.45, 2.75) is 33.4 Å². The van der Waals surface area contributed by atoms with Gasteiger partial charge in [0.1, 0.15) is 11.5 Å². The van der Waals surface area contributed by atoms with E-state index >= 15 is 0 Å². The molecule has 0 unspecified atom stereocenters. The predicted octanol–water partition coefficient (Wildman–Crippen LogP) is 3.10. The fourth-order valence-electron chi connectivity index (χ4n) is 2.76. The largest absolute Gasteiger partial charge is 0.340 e. The molecule has 6 nitrogen and oxygen atoms in total. The van der Waals surface area contributed by atoms with Crippen molar-refractivity contribution < 1.29 is 9.18 Å². The Morgan fingerprint density at radius 2 is 2.00 bits per heavy atom. The second kappa shape index (κ2) is 7.11. The lowest BCUT2D eigenvalue weighted by Crippen LogP contribution is -2.36. The molecule has 7 heteroatoms. The van der Waals surface area contributed by atoms with E-state index in [1.807, 2.05) is 27.8 Å². The molecule has 0 fully saturated rings. The van der Waals surface area contributed by atoms with Crippen molar-refractivity contribution >= 4 is 5.91 Å². The van der Waals surface area contributed by atoms with Crippen molar-refractivity contribution in [1.29, 1.82) is 0 Å². The highest BCUT2D eigenvalue weighted by molar-refractivity contribution is 5.92. The highest BCUT2D eigenvalue weighted by atomic mass is 19.1. The summed E-state index contributed by atoms with van der Waals surface area (Å²) in [6.07, 6.45) is 6.64. The molecule has 2 heterocycles. The molecule has 0 radical (unpaired) electrons. The number of aromatic nitrogens is 4. The Kier molecular flexibility index (Phi) is 4.88. The summed E-state index contributed by atoms with van der Waals surface area (Å²) in [6.45, 7) is 6.12. The van der Waals surface area contributed by atoms with Gasteiger partial charge in [-0.3, -0.25) is 4.79 Å². The third-order valence-corrected chi connectivity index (χ3v) is 4.16. The molecule has 0 saturated heterocycles. The number of hydrogen-bond acceptors (Lipinski definition) is 3. The number of imidazole rings is 2. The van der Waals surface area contributed by atoms with Gasteiger partial charge in [0.15, 0.2) is 0 Å². The molecule has 136 valence electrons. The maximum absolute atomic E-state index is 14.2. The van der Waals surface area contributed by atoms with Gasteiger partial charge in [0.2, 0.25) is 0 Å². The Morgan fingerprint density at radius 3 is 2.58 bits per heavy atom. The minimum Gasteiger partial charge on any atom is -0.340 e. The summed E-state index contributed by atoms with van der Waals surface area (Å²) in [5, 5.41) is 0. The maximum atomic E-state index is 14.2. The van der Waals surface area contributed by atoms with Crippen molar-refractivity contribution in [2.24, 2.45) is 7.05 Å². The molecule has 0 atom stereocenters. The second-order valence-electron chi connectivity index (χ2n) is 6.66. The van der Waals surface area contributed by atoms with Crippen molar-refractivity contribution in [3.63, 3.8) is 0 Å². The van der Waals surface area contributed by atoms with Gasteiger partial charge < -0.3 is 14.0 Å². The number of hydrogen-bond donors (Lipinski definition) is 0. The molecule has 0 N–H and O–H groups in total. The average molecular weight is 355 g/mol. The monoisotopic (exact) mass is 355 g/mol. The number of carbonyl (C=O) groups is 1. The lowest BCUT2D eigenvalue weighted by atomic mass is 10.1. The normalized spacial score (nSPS) is 11.2. The van der Waals surface area contributed by atoms with Crippen LogP contribution in [0.3, 0.4) is 0 Å². The third-order valence-electron chi connectivity index (χ3n) is 4.16. The Balaban J connectivity index is 1.89. The van der Waals surface area contributed by atoms with E-state index in [2.05, 4.69) is 9.97 Å². The standard InChI is InChI=1S/C19H22FN5O/c1-13(2)25(19(26)17-10-23(4)11-22-17)9-15-5-6-16(20)18(7-15)24-8-14(3)21-12-24/h5-8,10-13H,9H2,1-4H3. The fourth-order valence-corrected chi connectivity index (χ4v) is 2.76. The van der Waals surface area contributed by atoms with Crippen molar-refractivity contribution in [2.75, 3.05) is 0 Å². The van der Waals surface area contributed by atoms with Gasteiger partial charge in [-0.25, -0.2) is 14.4 Å². The van der Waals surface area contributed by atoms with Crippen LogP contribution in [0.1, 0.15) is 35.6 Å². The minimum atomic E-state index is -0.335. The summed E-state index contributed by atoms with van der Waals surface area (Å²) in [5.74, 6) is -0.483. The van der Waals surface area contributed by atoms with Gasteiger partial charge in [-0.05, 0) is 38.5 Å². The highest BCUT2D eigenvalue weighted by Gasteiger charge is 2.21. The number of nitrogens with zero attached hydrogens (tertiary/aromatic N) is 5. The zero-order valence-electron chi connectivity index (χ0n) is 15.3. The molecule has 0 aliphatic heterocycles. The van der Waals surface area contributed by atoms with Crippen LogP contribution in [0, 0.1) is 12.7 Å². The first kappa shape index (κ1) is 17.8. The van der Waals surface area contributed by atoms with Gasteiger partial charge >= 0.3 is 0 Å². The summed E-state index contributed by atoms with van der Waals surface area (Å²) >= 11 is 0. The molecule has 0 bridgehead atoms. The number of carbonyl (C=O) groups excluding carboxylic acids is 1. The topological polar surface area (TPSA) is 56.0 Å². The van der Waals surface area contributed by atoms with E-state index in [1.54, 1.807) is 51.2 Å². The van der Waals surface area contributed by atoms with Gasteiger partial charge in [-0.2, -0.15) is 0 Å². The van der Waals surface area contributed by atoms with Crippen LogP contribution < -0.4 is 0 Å². The average Bonchev–Trinajstić information content (AvgIpc) is 3.21. The molecular weight excluding hydrogens is 333 g/mol. The first-order valence-corrected chi connectivity index (χ1v) is 8.43. The van der Waals surface area contributed by atoms with Crippen LogP contribution in [0.5, 0.6) is 0 Å². The van der Waals surface area contributed by atoms with E-state index < -0.39 is 0 Å². The van der Waals surface area contributed by atoms with Crippen molar-refractivity contribution in [3.8, 4) is 5.69 Å². The lowest BCUT2D eigenvalue weighted by Gasteiger charge is -2.26. The Hall–Kier alpha value is -2.96. The number of halogens is 1. The molecular formula is C19H22FN5O. The van der Waals surface area contributed by atoms with Gasteiger partial charge in [0.05, 0.1) is 24.0 Å². The van der Waals surface area contributed by atoms with E-state index in [4.69, 9.17) is 0 Å². The van der Waals surface area contributed by atoms with Gasteiger partial charge in [-0.1, -0.05) is 6.07 Å². The summed E-state index contributed by atoms with van der Waals surface area (Å²) in [6, 6.07) is 4.85. The van der Waals surface area contributed by atoms with Crippen molar-refractivity contribution in [3.05, 3.63) is 66.0 Å². The molecule has 0 saturated carbocycles. The molecule has 3 rings (SSSR count). The van der Waals surface area contributed by atoms with Crippen LogP contribution in [0.4, 0.5) is 4.39 Å². The number of aryl methyl sites for hydroxylation is 2. The van der Waals surface area contributed by atoms with Gasteiger partial charge in [-0.15, -0.1) is 0 Å². The van der Waals surface area contributed by atoms with Crippen LogP contribution in [-0.4, -0.2) is 36.0 Å². The summed E-state index contributed by atoms with van der Waals surface area (Å²) in [4.78, 5) is 22.8. The molecule has 0 spiro atoms. The third kappa shape index (κ3) is 3.66. The smallest absolute Gasteiger partial charge is 0.274 e. The molecule has 1 amide bonds. The lowest BCUT2D eigenvalue weighted by molar-refractivity contribution is 0.0684. The van der Waals surface area contributed by atoms with E-state index in [0.717, 1.165) is 11.3 Å². The SMILES string of the molecule is Cc1cn(-c2cc(CN(C(=O)c3cn(C)cn3)C(C)C)ccc2F)cn1. The van der Waals surface area contributed by atoms with Crippen LogP contribution in [-0.2, 0) is 13.6 Å². The number of benzene rings is 1. The molecule has 0 aliphatic rings. The van der Waals surface area contributed by atoms with Crippen LogP contribution in [0.25, 0.3) is 5.69 Å². The first-order valence-electron chi connectivity index (χ1n) is 8.43. The Morgan fingerprint density at radius 1 is 1.23 bits per heavy atom. The molecule has 26 heavy (non-hydrogen) atoms. The van der Waals surface area contributed by atoms with Crippen molar-refractivity contribution in [1.82, 2.24) is 24.0 Å². The molecule has 0 aliphatic carbocycles. The van der Waals surface area contributed by atoms with E-state index in [1.165, 1.54) is 6.07 Å². The van der Waals surface area contributed by atoms with E-state index in [0.29, 0.717) is 17.9 Å². The van der Waals surface area contributed by atoms with Gasteiger partial charge in [0, 0.05) is 32.0 Å². The van der Waals surface area contributed by atoms with Gasteiger partial charge in [0.25, 0.3) is 5.91 Å². The minimum absolute atomic E-state index is 0.0199. The van der Waals surface area contributed by atoms with E-state index in [9.17, 15) is 9.18 Å². The zero-order valence-corrected chi connectivity index (χ0v) is 15.3.